The Balaban J connectivity index is 1.38. The van der Waals surface area contributed by atoms with Crippen molar-refractivity contribution in [3.63, 3.8) is 0 Å². The number of fused-ring (bicyclic) bond motifs is 1. The van der Waals surface area contributed by atoms with Crippen molar-refractivity contribution < 1.29 is 37.0 Å². The molecule has 222 valence electrons. The molecule has 11 nitrogen and oxygen atoms in total. The number of aromatic nitrogens is 2. The SMILES string of the molecule is COc1cc(C(=O)N[C@@H]2CCN(C)CC2OC)ccc1Nc1ncc(C(F)(F)F)c(Oc2cccc3c2C(=O)NC3)n1. The highest BCUT2D eigenvalue weighted by Crippen LogP contribution is 2.39. The zero-order chi connectivity index (χ0) is 30.0. The van der Waals surface area contributed by atoms with Crippen LogP contribution in [-0.2, 0) is 17.5 Å². The van der Waals surface area contributed by atoms with Crippen molar-refractivity contribution in [3.05, 3.63) is 64.8 Å². The number of hydrogen-bond acceptors (Lipinski definition) is 9. The van der Waals surface area contributed by atoms with Gasteiger partial charge in [0.1, 0.15) is 17.1 Å². The summed E-state index contributed by atoms with van der Waals surface area (Å²) in [4.78, 5) is 35.2. The number of likely N-dealkylation sites (N-methyl/N-ethyl adjacent to an activating group) is 1. The van der Waals surface area contributed by atoms with E-state index in [1.165, 1.54) is 25.3 Å². The summed E-state index contributed by atoms with van der Waals surface area (Å²) in [7, 11) is 4.99. The zero-order valence-corrected chi connectivity index (χ0v) is 23.0. The third-order valence-corrected chi connectivity index (χ3v) is 7.14. The maximum atomic E-state index is 13.8. The summed E-state index contributed by atoms with van der Waals surface area (Å²) in [6.07, 6.45) is -3.66. The average molecular weight is 587 g/mol. The van der Waals surface area contributed by atoms with Gasteiger partial charge in [-0.1, -0.05) is 12.1 Å². The molecule has 2 aliphatic rings. The number of ether oxygens (including phenoxy) is 3. The minimum Gasteiger partial charge on any atom is -0.495 e. The van der Waals surface area contributed by atoms with Gasteiger partial charge in [-0.05, 0) is 49.8 Å². The van der Waals surface area contributed by atoms with Crippen LogP contribution < -0.4 is 25.4 Å². The molecule has 3 N–H and O–H groups in total. The highest BCUT2D eigenvalue weighted by atomic mass is 19.4. The summed E-state index contributed by atoms with van der Waals surface area (Å²) in [6.45, 7) is 1.75. The van der Waals surface area contributed by atoms with Gasteiger partial charge in [0.05, 0.1) is 30.5 Å². The van der Waals surface area contributed by atoms with Crippen LogP contribution in [0.4, 0.5) is 24.8 Å². The van der Waals surface area contributed by atoms with E-state index in [9.17, 15) is 22.8 Å². The van der Waals surface area contributed by atoms with Crippen LogP contribution in [0.3, 0.4) is 0 Å². The average Bonchev–Trinajstić information content (AvgIpc) is 3.35. The van der Waals surface area contributed by atoms with Gasteiger partial charge in [-0.25, -0.2) is 4.98 Å². The second-order valence-corrected chi connectivity index (χ2v) is 9.93. The van der Waals surface area contributed by atoms with E-state index in [-0.39, 0.29) is 47.6 Å². The first-order chi connectivity index (χ1) is 20.1. The van der Waals surface area contributed by atoms with E-state index in [0.717, 1.165) is 13.0 Å². The van der Waals surface area contributed by atoms with Crippen molar-refractivity contribution in [2.24, 2.45) is 0 Å². The van der Waals surface area contributed by atoms with Gasteiger partial charge >= 0.3 is 6.18 Å². The Labute approximate surface area is 239 Å². The van der Waals surface area contributed by atoms with Crippen LogP contribution in [0.5, 0.6) is 17.4 Å². The Kier molecular flexibility index (Phi) is 8.18. The Morgan fingerprint density at radius 1 is 1.17 bits per heavy atom. The molecule has 1 fully saturated rings. The van der Waals surface area contributed by atoms with Gasteiger partial charge in [0.15, 0.2) is 0 Å². The van der Waals surface area contributed by atoms with Crippen molar-refractivity contribution in [1.29, 1.82) is 0 Å². The molecule has 1 aromatic heterocycles. The Morgan fingerprint density at radius 3 is 2.71 bits per heavy atom. The van der Waals surface area contributed by atoms with Gasteiger partial charge in [-0.15, -0.1) is 0 Å². The second kappa shape index (κ2) is 11.8. The Hall–Kier alpha value is -4.43. The number of methoxy groups -OCH3 is 2. The molecule has 3 aromatic rings. The monoisotopic (exact) mass is 586 g/mol. The van der Waals surface area contributed by atoms with Crippen molar-refractivity contribution >= 4 is 23.5 Å². The lowest BCUT2D eigenvalue weighted by Crippen LogP contribution is -2.53. The van der Waals surface area contributed by atoms with E-state index in [2.05, 4.69) is 30.8 Å². The third-order valence-electron chi connectivity index (χ3n) is 7.14. The zero-order valence-electron chi connectivity index (χ0n) is 23.0. The predicted octanol–water partition coefficient (Wildman–Crippen LogP) is 3.73. The third kappa shape index (κ3) is 6.09. The molecule has 5 rings (SSSR count). The standard InChI is InChI=1S/C28H29F3N6O5/c1-37-10-9-19(22(14-37)41-3)34-24(38)15-7-8-18(21(11-15)40-2)35-27-33-13-17(28(29,30)31)26(36-27)42-20-6-4-5-16-12-32-25(39)23(16)20/h4-8,11,13,19,22H,9-10,12,14H2,1-3H3,(H,32,39)(H,34,38)(H,33,35,36)/t19-,22?/m1/s1. The first kappa shape index (κ1) is 29.1. The minimum atomic E-state index is -4.82. The molecule has 2 aromatic carbocycles. The summed E-state index contributed by atoms with van der Waals surface area (Å²) in [5.74, 6) is -1.61. The number of rotatable bonds is 8. The predicted molar refractivity (Wildman–Crippen MR) is 145 cm³/mol. The highest BCUT2D eigenvalue weighted by molar-refractivity contribution is 6.01. The molecule has 42 heavy (non-hydrogen) atoms. The van der Waals surface area contributed by atoms with Crippen LogP contribution in [0.2, 0.25) is 0 Å². The van der Waals surface area contributed by atoms with Crippen LogP contribution in [0.1, 0.15) is 38.3 Å². The maximum Gasteiger partial charge on any atom is 0.423 e. The second-order valence-electron chi connectivity index (χ2n) is 9.93. The molecule has 0 spiro atoms. The van der Waals surface area contributed by atoms with Crippen LogP contribution in [0.15, 0.2) is 42.6 Å². The van der Waals surface area contributed by atoms with E-state index in [1.807, 2.05) is 7.05 Å². The summed E-state index contributed by atoms with van der Waals surface area (Å²) in [5, 5.41) is 8.45. The number of anilines is 2. The summed E-state index contributed by atoms with van der Waals surface area (Å²) in [6, 6.07) is 9.06. The summed E-state index contributed by atoms with van der Waals surface area (Å²) in [5.41, 5.74) is 0.145. The van der Waals surface area contributed by atoms with Gasteiger partial charge in [-0.3, -0.25) is 9.59 Å². The molecule has 2 amide bonds. The van der Waals surface area contributed by atoms with E-state index in [4.69, 9.17) is 14.2 Å². The number of halogens is 3. The lowest BCUT2D eigenvalue weighted by Gasteiger charge is -2.36. The topological polar surface area (TPSA) is 127 Å². The van der Waals surface area contributed by atoms with Crippen molar-refractivity contribution in [2.75, 3.05) is 39.7 Å². The van der Waals surface area contributed by atoms with Crippen LogP contribution in [0, 0.1) is 0 Å². The van der Waals surface area contributed by atoms with Gasteiger partial charge in [0.2, 0.25) is 11.8 Å². The molecule has 0 bridgehead atoms. The van der Waals surface area contributed by atoms with Crippen LogP contribution >= 0.6 is 0 Å². The molecule has 0 aliphatic carbocycles. The molecule has 2 atom stereocenters. The van der Waals surface area contributed by atoms with Crippen molar-refractivity contribution in [3.8, 4) is 17.4 Å². The number of amides is 2. The normalized spacial score (nSPS) is 18.7. The number of nitrogens with zero attached hydrogens (tertiary/aromatic N) is 3. The number of carbonyl (C=O) groups excluding carboxylic acids is 2. The van der Waals surface area contributed by atoms with E-state index in [1.54, 1.807) is 25.3 Å². The maximum absolute atomic E-state index is 13.8. The van der Waals surface area contributed by atoms with E-state index >= 15 is 0 Å². The molecule has 0 saturated carbocycles. The first-order valence-corrected chi connectivity index (χ1v) is 13.1. The quantitative estimate of drug-likeness (QED) is 0.362. The number of piperidine rings is 1. The van der Waals surface area contributed by atoms with Crippen LogP contribution in [-0.4, -0.2) is 73.2 Å². The van der Waals surface area contributed by atoms with Crippen LogP contribution in [0.25, 0.3) is 0 Å². The van der Waals surface area contributed by atoms with Gasteiger partial charge in [0, 0.05) is 32.0 Å². The molecule has 3 heterocycles. The number of likely N-dealkylation sites (tertiary alicyclic amines) is 1. The number of carbonyl (C=O) groups is 2. The van der Waals surface area contributed by atoms with Gasteiger partial charge < -0.3 is 35.1 Å². The largest absolute Gasteiger partial charge is 0.495 e. The fourth-order valence-corrected chi connectivity index (χ4v) is 4.92. The smallest absolute Gasteiger partial charge is 0.423 e. The highest BCUT2D eigenvalue weighted by Gasteiger charge is 2.37. The molecular weight excluding hydrogens is 557 g/mol. The van der Waals surface area contributed by atoms with Gasteiger partial charge in [0.25, 0.3) is 11.8 Å². The molecule has 1 unspecified atom stereocenters. The molecule has 0 radical (unpaired) electrons. The molecular formula is C28H29F3N6O5. The van der Waals surface area contributed by atoms with Crippen molar-refractivity contribution in [2.45, 2.75) is 31.3 Å². The molecule has 2 aliphatic heterocycles. The molecule has 14 heteroatoms. The Bertz CT molecular complexity index is 1500. The Morgan fingerprint density at radius 2 is 1.98 bits per heavy atom. The fraction of sp³-hybridized carbons (Fsp3) is 0.357. The van der Waals surface area contributed by atoms with E-state index < -0.39 is 23.5 Å². The van der Waals surface area contributed by atoms with E-state index in [0.29, 0.717) is 29.6 Å². The number of benzene rings is 2. The lowest BCUT2D eigenvalue weighted by molar-refractivity contribution is -0.139. The lowest BCUT2D eigenvalue weighted by atomic mass is 10.0. The fourth-order valence-electron chi connectivity index (χ4n) is 4.92. The summed E-state index contributed by atoms with van der Waals surface area (Å²) < 4.78 is 58.0. The number of nitrogens with one attached hydrogen (secondary N) is 3. The molecule has 1 saturated heterocycles. The minimum absolute atomic E-state index is 0.0640. The summed E-state index contributed by atoms with van der Waals surface area (Å²) >= 11 is 0. The number of alkyl halides is 3. The van der Waals surface area contributed by atoms with Gasteiger partial charge in [-0.2, -0.15) is 18.2 Å². The first-order valence-electron chi connectivity index (χ1n) is 13.1. The van der Waals surface area contributed by atoms with Crippen molar-refractivity contribution in [1.82, 2.24) is 25.5 Å². The number of hydrogen-bond donors (Lipinski definition) is 3.